The molecule has 0 bridgehead atoms. The normalized spacial score (nSPS) is 20.7. The predicted molar refractivity (Wildman–Crippen MR) is 128 cm³/mol. The molecule has 14 heteroatoms. The molecule has 0 saturated heterocycles. The second kappa shape index (κ2) is 11.0. The average molecular weight is 802 g/mol. The number of ether oxygens (including phenoxy) is 2. The highest BCUT2D eigenvalue weighted by molar-refractivity contribution is 14.1. The highest BCUT2D eigenvalue weighted by Gasteiger charge is 2.46. The summed E-state index contributed by atoms with van der Waals surface area (Å²) >= 11 is 6.25. The van der Waals surface area contributed by atoms with Crippen molar-refractivity contribution in [2.24, 2.45) is 11.8 Å². The van der Waals surface area contributed by atoms with Gasteiger partial charge in [-0.25, -0.2) is 0 Å². The molecule has 1 fully saturated rings. The molecule has 31 heavy (non-hydrogen) atoms. The standard InChI is InChI=1S/C17H16F3I3O7S/c18-17(19,20)13(7-31(26,27)28)29-15(24)8-1-3-9(4-2-8)16(25)30-14-11(22)5-10(21)6-12(14)23/h5-6,8-9,13H,1-4,7H2,(H,26,27,28). The number of rotatable bonds is 6. The van der Waals surface area contributed by atoms with Gasteiger partial charge in [0, 0.05) is 3.57 Å². The van der Waals surface area contributed by atoms with Gasteiger partial charge < -0.3 is 9.47 Å². The summed E-state index contributed by atoms with van der Waals surface area (Å²) in [6.07, 6.45) is -7.49. The molecule has 1 aromatic rings. The van der Waals surface area contributed by atoms with Gasteiger partial charge in [-0.2, -0.15) is 21.6 Å². The molecule has 1 aromatic carbocycles. The van der Waals surface area contributed by atoms with Crippen LogP contribution in [-0.2, 0) is 24.4 Å². The van der Waals surface area contributed by atoms with Gasteiger partial charge >= 0.3 is 18.1 Å². The molecule has 1 aliphatic rings. The zero-order valence-corrected chi connectivity index (χ0v) is 22.8. The topological polar surface area (TPSA) is 107 Å². The van der Waals surface area contributed by atoms with Crippen molar-refractivity contribution < 1.29 is 45.2 Å². The van der Waals surface area contributed by atoms with E-state index >= 15 is 0 Å². The van der Waals surface area contributed by atoms with Crippen molar-refractivity contribution in [1.29, 1.82) is 0 Å². The SMILES string of the molecule is O=C(Oc1c(I)cc(I)cc1I)C1CCC(C(=O)OC(CS(=O)(=O)O)C(F)(F)F)CC1. The van der Waals surface area contributed by atoms with Crippen LogP contribution in [0.3, 0.4) is 0 Å². The Morgan fingerprint density at radius 2 is 1.48 bits per heavy atom. The third-order valence-corrected chi connectivity index (χ3v) is 7.49. The summed E-state index contributed by atoms with van der Waals surface area (Å²) in [5, 5.41) is 0. The van der Waals surface area contributed by atoms with Crippen LogP contribution in [0, 0.1) is 22.5 Å². The van der Waals surface area contributed by atoms with Crippen LogP contribution in [0.4, 0.5) is 13.2 Å². The van der Waals surface area contributed by atoms with Gasteiger partial charge in [0.15, 0.2) is 5.75 Å². The zero-order chi connectivity index (χ0) is 23.6. The molecule has 1 N–H and O–H groups in total. The summed E-state index contributed by atoms with van der Waals surface area (Å²) in [6.45, 7) is 0. The monoisotopic (exact) mass is 802 g/mol. The van der Waals surface area contributed by atoms with E-state index in [4.69, 9.17) is 9.29 Å². The van der Waals surface area contributed by atoms with E-state index in [1.807, 2.05) is 12.1 Å². The molecular formula is C17H16F3I3O7S. The van der Waals surface area contributed by atoms with Crippen molar-refractivity contribution in [2.45, 2.75) is 38.0 Å². The van der Waals surface area contributed by atoms with Crippen LogP contribution in [0.15, 0.2) is 12.1 Å². The molecule has 0 heterocycles. The molecule has 0 spiro atoms. The first-order chi connectivity index (χ1) is 14.2. The molecular weight excluding hydrogens is 786 g/mol. The summed E-state index contributed by atoms with van der Waals surface area (Å²) < 4.78 is 81.4. The summed E-state index contributed by atoms with van der Waals surface area (Å²) in [4.78, 5) is 24.6. The van der Waals surface area contributed by atoms with Gasteiger partial charge in [-0.3, -0.25) is 14.1 Å². The highest BCUT2D eigenvalue weighted by atomic mass is 127. The largest absolute Gasteiger partial charge is 0.451 e. The number of carbonyl (C=O) groups is 2. The lowest BCUT2D eigenvalue weighted by Crippen LogP contribution is -2.41. The number of esters is 2. The Labute approximate surface area is 217 Å². The van der Waals surface area contributed by atoms with E-state index in [9.17, 15) is 31.2 Å². The van der Waals surface area contributed by atoms with Crippen LogP contribution >= 0.6 is 67.8 Å². The fourth-order valence-electron chi connectivity index (χ4n) is 3.00. The van der Waals surface area contributed by atoms with E-state index in [1.54, 1.807) is 0 Å². The number of hydrogen-bond acceptors (Lipinski definition) is 6. The molecule has 1 unspecified atom stereocenters. The average Bonchev–Trinajstić information content (AvgIpc) is 2.62. The number of halogens is 6. The maximum absolute atomic E-state index is 12.9. The van der Waals surface area contributed by atoms with Crippen LogP contribution in [0.5, 0.6) is 5.75 Å². The third-order valence-electron chi connectivity index (χ3n) is 4.55. The number of carbonyl (C=O) groups excluding carboxylic acids is 2. The summed E-state index contributed by atoms with van der Waals surface area (Å²) in [7, 11) is -5.00. The van der Waals surface area contributed by atoms with Gasteiger partial charge in [-0.15, -0.1) is 0 Å². The Balaban J connectivity index is 1.95. The van der Waals surface area contributed by atoms with Gasteiger partial charge in [0.05, 0.1) is 19.0 Å². The lowest BCUT2D eigenvalue weighted by Gasteiger charge is -2.28. The fraction of sp³-hybridized carbons (Fsp3) is 0.529. The Kier molecular flexibility index (Phi) is 9.67. The number of hydrogen-bond donors (Lipinski definition) is 1. The molecule has 0 aromatic heterocycles. The number of alkyl halides is 3. The van der Waals surface area contributed by atoms with Gasteiger partial charge in [-0.05, 0) is 106 Å². The predicted octanol–water partition coefficient (Wildman–Crippen LogP) is 4.57. The molecule has 0 aliphatic heterocycles. The molecule has 0 amide bonds. The van der Waals surface area contributed by atoms with E-state index in [1.165, 1.54) is 0 Å². The minimum absolute atomic E-state index is 0.0932. The second-order valence-electron chi connectivity index (χ2n) is 6.88. The van der Waals surface area contributed by atoms with Gasteiger partial charge in [0.1, 0.15) is 5.75 Å². The van der Waals surface area contributed by atoms with E-state index < -0.39 is 51.9 Å². The molecule has 174 valence electrons. The molecule has 1 saturated carbocycles. The molecule has 0 radical (unpaired) electrons. The molecule has 7 nitrogen and oxygen atoms in total. The first-order valence-electron chi connectivity index (χ1n) is 8.76. The summed E-state index contributed by atoms with van der Waals surface area (Å²) in [5.74, 6) is -4.45. The van der Waals surface area contributed by atoms with Crippen molar-refractivity contribution in [2.75, 3.05) is 5.75 Å². The minimum atomic E-state index is -5.14. The van der Waals surface area contributed by atoms with Crippen LogP contribution in [0.2, 0.25) is 0 Å². The quantitative estimate of drug-likeness (QED) is 0.195. The van der Waals surface area contributed by atoms with Crippen LogP contribution < -0.4 is 4.74 Å². The highest BCUT2D eigenvalue weighted by Crippen LogP contribution is 2.35. The van der Waals surface area contributed by atoms with E-state index in [0.717, 1.165) is 10.7 Å². The lowest BCUT2D eigenvalue weighted by molar-refractivity contribution is -0.218. The lowest BCUT2D eigenvalue weighted by atomic mass is 9.82. The van der Waals surface area contributed by atoms with Crippen LogP contribution in [-0.4, -0.2) is 42.9 Å². The van der Waals surface area contributed by atoms with Crippen molar-refractivity contribution in [3.63, 3.8) is 0 Å². The molecule has 1 aliphatic carbocycles. The second-order valence-corrected chi connectivity index (χ2v) is 12.0. The summed E-state index contributed by atoms with van der Waals surface area (Å²) in [5.41, 5.74) is 0. The molecule has 2 rings (SSSR count). The smallest absolute Gasteiger partial charge is 0.426 e. The third kappa shape index (κ3) is 8.40. The Morgan fingerprint density at radius 3 is 1.90 bits per heavy atom. The Bertz CT molecular complexity index is 922. The van der Waals surface area contributed by atoms with E-state index in [2.05, 4.69) is 72.5 Å². The maximum atomic E-state index is 12.9. The van der Waals surface area contributed by atoms with Crippen molar-refractivity contribution >= 4 is 89.8 Å². The van der Waals surface area contributed by atoms with E-state index in [-0.39, 0.29) is 25.7 Å². The maximum Gasteiger partial charge on any atom is 0.426 e. The van der Waals surface area contributed by atoms with E-state index in [0.29, 0.717) is 5.75 Å². The zero-order valence-electron chi connectivity index (χ0n) is 15.5. The summed E-state index contributed by atoms with van der Waals surface area (Å²) in [6, 6.07) is 3.70. The Morgan fingerprint density at radius 1 is 1.03 bits per heavy atom. The van der Waals surface area contributed by atoms with Gasteiger partial charge in [-0.1, -0.05) is 0 Å². The Hall–Kier alpha value is 0.0500. The van der Waals surface area contributed by atoms with Gasteiger partial charge in [0.2, 0.25) is 6.10 Å². The van der Waals surface area contributed by atoms with Crippen molar-refractivity contribution in [3.8, 4) is 5.75 Å². The van der Waals surface area contributed by atoms with Crippen LogP contribution in [0.25, 0.3) is 0 Å². The minimum Gasteiger partial charge on any atom is -0.451 e. The van der Waals surface area contributed by atoms with Crippen molar-refractivity contribution in [1.82, 2.24) is 0 Å². The van der Waals surface area contributed by atoms with Gasteiger partial charge in [0.25, 0.3) is 10.1 Å². The first-order valence-corrected chi connectivity index (χ1v) is 13.6. The first kappa shape index (κ1) is 27.3. The van der Waals surface area contributed by atoms with Crippen LogP contribution in [0.1, 0.15) is 25.7 Å². The number of benzene rings is 1. The fourth-order valence-corrected chi connectivity index (χ4v) is 7.44. The molecule has 1 atom stereocenters. The van der Waals surface area contributed by atoms with Crippen molar-refractivity contribution in [3.05, 3.63) is 22.8 Å².